The maximum Gasteiger partial charge on any atom is 0.251 e. The van der Waals surface area contributed by atoms with Gasteiger partial charge in [-0.25, -0.2) is 0 Å². The molecule has 3 aromatic carbocycles. The van der Waals surface area contributed by atoms with Crippen molar-refractivity contribution in [1.82, 2.24) is 5.32 Å². The van der Waals surface area contributed by atoms with Gasteiger partial charge in [-0.15, -0.1) is 0 Å². The number of amides is 1. The van der Waals surface area contributed by atoms with Gasteiger partial charge in [0, 0.05) is 12.1 Å². The lowest BCUT2D eigenvalue weighted by atomic mass is 9.98. The highest BCUT2D eigenvalue weighted by molar-refractivity contribution is 5.97. The zero-order valence-electron chi connectivity index (χ0n) is 14.8. The fourth-order valence-corrected chi connectivity index (χ4v) is 3.47. The van der Waals surface area contributed by atoms with Crippen molar-refractivity contribution in [3.8, 4) is 0 Å². The average molecular weight is 333 g/mol. The molecule has 0 saturated carbocycles. The molecule has 0 aliphatic rings. The molecule has 3 nitrogen and oxygen atoms in total. The third-order valence-electron chi connectivity index (χ3n) is 4.54. The highest BCUT2D eigenvalue weighted by Crippen LogP contribution is 2.24. The van der Waals surface area contributed by atoms with Crippen LogP contribution in [-0.4, -0.2) is 17.6 Å². The van der Waals surface area contributed by atoms with E-state index in [9.17, 15) is 9.90 Å². The quantitative estimate of drug-likeness (QED) is 0.751. The lowest BCUT2D eigenvalue weighted by Gasteiger charge is -2.16. The maximum absolute atomic E-state index is 12.6. The van der Waals surface area contributed by atoms with Crippen LogP contribution in [0.4, 0.5) is 0 Å². The van der Waals surface area contributed by atoms with E-state index >= 15 is 0 Å². The molecule has 0 saturated heterocycles. The van der Waals surface area contributed by atoms with Gasteiger partial charge in [0.05, 0.1) is 6.10 Å². The van der Waals surface area contributed by atoms with E-state index in [2.05, 4.69) is 5.32 Å². The monoisotopic (exact) mass is 333 g/mol. The molecule has 0 bridgehead atoms. The minimum atomic E-state index is -0.749. The molecule has 1 unspecified atom stereocenters. The molecule has 0 radical (unpaired) electrons. The topological polar surface area (TPSA) is 49.3 Å². The normalized spacial score (nSPS) is 12.2. The van der Waals surface area contributed by atoms with Gasteiger partial charge in [-0.1, -0.05) is 60.2 Å². The minimum absolute atomic E-state index is 0.144. The van der Waals surface area contributed by atoms with Crippen LogP contribution in [0.3, 0.4) is 0 Å². The molecular weight excluding hydrogens is 310 g/mol. The number of aliphatic hydroxyl groups is 1. The molecule has 1 atom stereocenters. The van der Waals surface area contributed by atoms with Crippen molar-refractivity contribution in [2.24, 2.45) is 0 Å². The van der Waals surface area contributed by atoms with Crippen molar-refractivity contribution in [3.63, 3.8) is 0 Å². The lowest BCUT2D eigenvalue weighted by molar-refractivity contribution is 0.0915. The van der Waals surface area contributed by atoms with E-state index in [0.29, 0.717) is 5.56 Å². The maximum atomic E-state index is 12.6. The highest BCUT2D eigenvalue weighted by Gasteiger charge is 2.16. The van der Waals surface area contributed by atoms with Crippen LogP contribution in [0, 0.1) is 20.8 Å². The van der Waals surface area contributed by atoms with Crippen LogP contribution in [0.1, 0.15) is 38.7 Å². The first-order valence-corrected chi connectivity index (χ1v) is 8.49. The van der Waals surface area contributed by atoms with E-state index < -0.39 is 6.10 Å². The Morgan fingerprint density at radius 1 is 1.00 bits per heavy atom. The van der Waals surface area contributed by atoms with Gasteiger partial charge in [-0.3, -0.25) is 4.79 Å². The molecule has 0 fully saturated rings. The Morgan fingerprint density at radius 2 is 1.64 bits per heavy atom. The molecule has 0 heterocycles. The second-order valence-corrected chi connectivity index (χ2v) is 6.57. The summed E-state index contributed by atoms with van der Waals surface area (Å²) in [5.41, 5.74) is 4.57. The number of hydrogen-bond donors (Lipinski definition) is 2. The molecular formula is C22H23NO2. The standard InChI is InChI=1S/C22H23NO2/c1-14-11-15(2)21(16(3)12-14)22(25)23-13-20(24)19-10-6-8-17-7-4-5-9-18(17)19/h4-12,20,24H,13H2,1-3H3,(H,23,25). The van der Waals surface area contributed by atoms with Crippen LogP contribution in [0.2, 0.25) is 0 Å². The lowest BCUT2D eigenvalue weighted by Crippen LogP contribution is -2.29. The number of aryl methyl sites for hydroxylation is 3. The first-order valence-electron chi connectivity index (χ1n) is 8.49. The number of carbonyl (C=O) groups excluding carboxylic acids is 1. The van der Waals surface area contributed by atoms with Gasteiger partial charge >= 0.3 is 0 Å². The molecule has 3 rings (SSSR count). The summed E-state index contributed by atoms with van der Waals surface area (Å²) >= 11 is 0. The van der Waals surface area contributed by atoms with E-state index in [0.717, 1.165) is 33.0 Å². The molecule has 3 heteroatoms. The summed E-state index contributed by atoms with van der Waals surface area (Å²) in [5, 5.41) is 15.5. The second kappa shape index (κ2) is 7.08. The van der Waals surface area contributed by atoms with Crippen LogP contribution in [0.15, 0.2) is 54.6 Å². The van der Waals surface area contributed by atoms with E-state index in [4.69, 9.17) is 0 Å². The third kappa shape index (κ3) is 3.57. The second-order valence-electron chi connectivity index (χ2n) is 6.57. The van der Waals surface area contributed by atoms with E-state index in [1.54, 1.807) is 0 Å². The molecule has 0 aromatic heterocycles. The SMILES string of the molecule is Cc1cc(C)c(C(=O)NCC(O)c2cccc3ccccc23)c(C)c1. The smallest absolute Gasteiger partial charge is 0.251 e. The Labute approximate surface area is 148 Å². The number of hydrogen-bond acceptors (Lipinski definition) is 2. The molecule has 128 valence electrons. The van der Waals surface area contributed by atoms with Crippen molar-refractivity contribution >= 4 is 16.7 Å². The number of rotatable bonds is 4. The van der Waals surface area contributed by atoms with Crippen molar-refractivity contribution < 1.29 is 9.90 Å². The van der Waals surface area contributed by atoms with Crippen LogP contribution in [0.5, 0.6) is 0 Å². The summed E-state index contributed by atoms with van der Waals surface area (Å²) in [7, 11) is 0. The summed E-state index contributed by atoms with van der Waals surface area (Å²) in [6.07, 6.45) is -0.749. The van der Waals surface area contributed by atoms with Gasteiger partial charge in [-0.2, -0.15) is 0 Å². The summed E-state index contributed by atoms with van der Waals surface area (Å²) in [6.45, 7) is 6.08. The molecule has 1 amide bonds. The van der Waals surface area contributed by atoms with Gasteiger partial charge in [0.1, 0.15) is 0 Å². The Kier molecular flexibility index (Phi) is 4.86. The van der Waals surface area contributed by atoms with E-state index in [1.165, 1.54) is 0 Å². The predicted molar refractivity (Wildman–Crippen MR) is 102 cm³/mol. The van der Waals surface area contributed by atoms with Crippen LogP contribution < -0.4 is 5.32 Å². The fourth-order valence-electron chi connectivity index (χ4n) is 3.47. The summed E-state index contributed by atoms with van der Waals surface area (Å²) in [4.78, 5) is 12.6. The Hall–Kier alpha value is -2.65. The largest absolute Gasteiger partial charge is 0.387 e. The van der Waals surface area contributed by atoms with Crippen LogP contribution >= 0.6 is 0 Å². The van der Waals surface area contributed by atoms with Gasteiger partial charge in [0.15, 0.2) is 0 Å². The molecule has 0 aliphatic heterocycles. The zero-order chi connectivity index (χ0) is 18.0. The number of carbonyl (C=O) groups is 1. The third-order valence-corrected chi connectivity index (χ3v) is 4.54. The molecule has 0 spiro atoms. The van der Waals surface area contributed by atoms with Crippen molar-refractivity contribution in [3.05, 3.63) is 82.4 Å². The van der Waals surface area contributed by atoms with E-state index in [-0.39, 0.29) is 12.5 Å². The van der Waals surface area contributed by atoms with Crippen molar-refractivity contribution in [1.29, 1.82) is 0 Å². The summed E-state index contributed by atoms with van der Waals surface area (Å²) in [5.74, 6) is -0.144. The first kappa shape index (κ1) is 17.2. The van der Waals surface area contributed by atoms with Crippen molar-refractivity contribution in [2.75, 3.05) is 6.54 Å². The number of fused-ring (bicyclic) bond motifs is 1. The zero-order valence-corrected chi connectivity index (χ0v) is 14.8. The van der Waals surface area contributed by atoms with Crippen molar-refractivity contribution in [2.45, 2.75) is 26.9 Å². The van der Waals surface area contributed by atoms with Gasteiger partial charge in [0.2, 0.25) is 0 Å². The Morgan fingerprint density at radius 3 is 2.36 bits per heavy atom. The first-order chi connectivity index (χ1) is 12.0. The van der Waals surface area contributed by atoms with Gasteiger partial charge < -0.3 is 10.4 Å². The molecule has 25 heavy (non-hydrogen) atoms. The molecule has 3 aromatic rings. The number of aliphatic hydroxyl groups excluding tert-OH is 1. The van der Waals surface area contributed by atoms with Crippen LogP contribution in [0.25, 0.3) is 10.8 Å². The highest BCUT2D eigenvalue weighted by atomic mass is 16.3. The average Bonchev–Trinajstić information content (AvgIpc) is 2.58. The van der Waals surface area contributed by atoms with E-state index in [1.807, 2.05) is 75.4 Å². The molecule has 0 aliphatic carbocycles. The van der Waals surface area contributed by atoms with Gasteiger partial charge in [-0.05, 0) is 48.2 Å². The minimum Gasteiger partial charge on any atom is -0.387 e. The summed E-state index contributed by atoms with van der Waals surface area (Å²) in [6, 6.07) is 17.8. The Balaban J connectivity index is 1.78. The molecule has 2 N–H and O–H groups in total. The van der Waals surface area contributed by atoms with Gasteiger partial charge in [0.25, 0.3) is 5.91 Å². The number of nitrogens with one attached hydrogen (secondary N) is 1. The predicted octanol–water partition coefficient (Wildman–Crippen LogP) is 4.23. The number of benzene rings is 3. The van der Waals surface area contributed by atoms with Crippen LogP contribution in [-0.2, 0) is 0 Å². The fraction of sp³-hybridized carbons (Fsp3) is 0.227. The summed E-state index contributed by atoms with van der Waals surface area (Å²) < 4.78 is 0. The Bertz CT molecular complexity index is 902.